The molecule has 1 N–H and O–H groups in total. The number of hydrogen-bond acceptors (Lipinski definition) is 3. The van der Waals surface area contributed by atoms with Gasteiger partial charge < -0.3 is 9.47 Å². The van der Waals surface area contributed by atoms with Gasteiger partial charge in [0.25, 0.3) is 0 Å². The standard InChI is InChI=1S/C10H19NO2.ClH/c1-10(2)6-11-9(13-7-10)8-3-4-12-5-8;/h8-9,11H,3-7H2,1-2H3;1H. The summed E-state index contributed by atoms with van der Waals surface area (Å²) in [4.78, 5) is 0. The molecule has 0 aromatic carbocycles. The van der Waals surface area contributed by atoms with Gasteiger partial charge in [-0.05, 0) is 6.42 Å². The van der Waals surface area contributed by atoms with Gasteiger partial charge in [0.1, 0.15) is 6.23 Å². The third-order valence-corrected chi connectivity index (χ3v) is 2.83. The van der Waals surface area contributed by atoms with Crippen LogP contribution in [0.5, 0.6) is 0 Å². The quantitative estimate of drug-likeness (QED) is 0.727. The van der Waals surface area contributed by atoms with Crippen molar-refractivity contribution in [3.8, 4) is 0 Å². The Morgan fingerprint density at radius 1 is 1.36 bits per heavy atom. The number of hydrogen-bond donors (Lipinski definition) is 1. The molecule has 2 atom stereocenters. The molecule has 4 heteroatoms. The summed E-state index contributed by atoms with van der Waals surface area (Å²) in [7, 11) is 0. The molecule has 2 fully saturated rings. The van der Waals surface area contributed by atoms with Gasteiger partial charge >= 0.3 is 0 Å². The highest BCUT2D eigenvalue weighted by Gasteiger charge is 2.33. The molecule has 2 aliphatic heterocycles. The summed E-state index contributed by atoms with van der Waals surface area (Å²) >= 11 is 0. The van der Waals surface area contributed by atoms with Gasteiger partial charge in [-0.1, -0.05) is 13.8 Å². The second-order valence-electron chi connectivity index (χ2n) is 4.90. The lowest BCUT2D eigenvalue weighted by molar-refractivity contribution is -0.0851. The number of ether oxygens (including phenoxy) is 2. The highest BCUT2D eigenvalue weighted by Crippen LogP contribution is 2.25. The summed E-state index contributed by atoms with van der Waals surface area (Å²) in [6.45, 7) is 8.12. The van der Waals surface area contributed by atoms with Crippen LogP contribution in [0.4, 0.5) is 0 Å². The van der Waals surface area contributed by atoms with Crippen molar-refractivity contribution in [2.45, 2.75) is 26.5 Å². The molecule has 84 valence electrons. The van der Waals surface area contributed by atoms with E-state index in [4.69, 9.17) is 9.47 Å². The van der Waals surface area contributed by atoms with Gasteiger partial charge in [-0.2, -0.15) is 0 Å². The van der Waals surface area contributed by atoms with Gasteiger partial charge in [0.2, 0.25) is 0 Å². The van der Waals surface area contributed by atoms with E-state index in [-0.39, 0.29) is 24.0 Å². The highest BCUT2D eigenvalue weighted by molar-refractivity contribution is 5.85. The molecule has 0 aromatic heterocycles. The van der Waals surface area contributed by atoms with E-state index in [2.05, 4.69) is 19.2 Å². The van der Waals surface area contributed by atoms with Crippen LogP contribution in [-0.2, 0) is 9.47 Å². The van der Waals surface area contributed by atoms with Crippen LogP contribution in [0.25, 0.3) is 0 Å². The SMILES string of the molecule is CC1(C)CNC(C2CCOC2)OC1.Cl. The molecule has 0 amide bonds. The van der Waals surface area contributed by atoms with Crippen LogP contribution in [-0.4, -0.2) is 32.6 Å². The molecule has 2 unspecified atom stereocenters. The van der Waals surface area contributed by atoms with Crippen molar-refractivity contribution in [1.82, 2.24) is 5.32 Å². The maximum Gasteiger partial charge on any atom is 0.113 e. The molecule has 3 nitrogen and oxygen atoms in total. The molecule has 2 aliphatic rings. The average Bonchev–Trinajstić information content (AvgIpc) is 2.56. The molecule has 0 bridgehead atoms. The second kappa shape index (κ2) is 4.79. The van der Waals surface area contributed by atoms with E-state index < -0.39 is 0 Å². The van der Waals surface area contributed by atoms with Crippen LogP contribution in [0.1, 0.15) is 20.3 Å². The molecule has 0 radical (unpaired) electrons. The Morgan fingerprint density at radius 3 is 2.64 bits per heavy atom. The minimum atomic E-state index is 0. The van der Waals surface area contributed by atoms with Crippen LogP contribution in [0.15, 0.2) is 0 Å². The Balaban J connectivity index is 0.000000980. The first-order valence-corrected chi connectivity index (χ1v) is 5.10. The first-order valence-electron chi connectivity index (χ1n) is 5.10. The van der Waals surface area contributed by atoms with Crippen LogP contribution in [0.2, 0.25) is 0 Å². The number of nitrogens with one attached hydrogen (secondary N) is 1. The summed E-state index contributed by atoms with van der Waals surface area (Å²) in [6.07, 6.45) is 1.37. The lowest BCUT2D eigenvalue weighted by Crippen LogP contribution is -2.51. The Morgan fingerprint density at radius 2 is 2.14 bits per heavy atom. The Hall–Kier alpha value is 0.170. The van der Waals surface area contributed by atoms with Crippen molar-refractivity contribution in [2.24, 2.45) is 11.3 Å². The van der Waals surface area contributed by atoms with E-state index in [1.807, 2.05) is 0 Å². The zero-order chi connectivity index (χ0) is 9.31. The van der Waals surface area contributed by atoms with Gasteiger partial charge in [-0.25, -0.2) is 0 Å². The monoisotopic (exact) mass is 221 g/mol. The highest BCUT2D eigenvalue weighted by atomic mass is 35.5. The average molecular weight is 222 g/mol. The number of rotatable bonds is 1. The molecule has 0 saturated carbocycles. The van der Waals surface area contributed by atoms with Crippen molar-refractivity contribution in [3.05, 3.63) is 0 Å². The smallest absolute Gasteiger partial charge is 0.113 e. The number of halogens is 1. The van der Waals surface area contributed by atoms with E-state index in [1.165, 1.54) is 0 Å². The van der Waals surface area contributed by atoms with Crippen LogP contribution in [0.3, 0.4) is 0 Å². The zero-order valence-electron chi connectivity index (χ0n) is 8.91. The van der Waals surface area contributed by atoms with Crippen molar-refractivity contribution >= 4 is 12.4 Å². The van der Waals surface area contributed by atoms with Gasteiger partial charge in [0.15, 0.2) is 0 Å². The topological polar surface area (TPSA) is 30.5 Å². The Bertz CT molecular complexity index is 171. The van der Waals surface area contributed by atoms with Crippen molar-refractivity contribution in [3.63, 3.8) is 0 Å². The maximum absolute atomic E-state index is 5.79. The summed E-state index contributed by atoms with van der Waals surface area (Å²) in [5.74, 6) is 0.566. The third kappa shape index (κ3) is 2.83. The molecular weight excluding hydrogens is 202 g/mol. The fourth-order valence-electron chi connectivity index (χ4n) is 1.90. The van der Waals surface area contributed by atoms with Crippen molar-refractivity contribution in [1.29, 1.82) is 0 Å². The first-order chi connectivity index (χ1) is 6.17. The lowest BCUT2D eigenvalue weighted by atomic mass is 9.92. The van der Waals surface area contributed by atoms with E-state index in [0.717, 1.165) is 32.8 Å². The van der Waals surface area contributed by atoms with Crippen molar-refractivity contribution in [2.75, 3.05) is 26.4 Å². The van der Waals surface area contributed by atoms with Gasteiger partial charge in [0, 0.05) is 24.5 Å². The second-order valence-corrected chi connectivity index (χ2v) is 4.90. The van der Waals surface area contributed by atoms with E-state index in [0.29, 0.717) is 5.92 Å². The molecule has 0 spiro atoms. The molecule has 0 aliphatic carbocycles. The van der Waals surface area contributed by atoms with Gasteiger partial charge in [-0.15, -0.1) is 12.4 Å². The van der Waals surface area contributed by atoms with E-state index in [1.54, 1.807) is 0 Å². The predicted molar refractivity (Wildman–Crippen MR) is 57.7 cm³/mol. The fraction of sp³-hybridized carbons (Fsp3) is 1.00. The van der Waals surface area contributed by atoms with Crippen LogP contribution >= 0.6 is 12.4 Å². The van der Waals surface area contributed by atoms with Crippen LogP contribution < -0.4 is 5.32 Å². The minimum Gasteiger partial charge on any atom is -0.381 e. The lowest BCUT2D eigenvalue weighted by Gasteiger charge is -2.37. The molecule has 2 heterocycles. The largest absolute Gasteiger partial charge is 0.381 e. The fourth-order valence-corrected chi connectivity index (χ4v) is 1.90. The Kier molecular flexibility index (Phi) is 4.19. The Labute approximate surface area is 91.9 Å². The van der Waals surface area contributed by atoms with E-state index in [9.17, 15) is 0 Å². The molecule has 0 aromatic rings. The molecule has 14 heavy (non-hydrogen) atoms. The normalized spacial score (nSPS) is 36.4. The van der Waals surface area contributed by atoms with E-state index >= 15 is 0 Å². The van der Waals surface area contributed by atoms with Crippen LogP contribution in [0, 0.1) is 11.3 Å². The predicted octanol–water partition coefficient (Wildman–Crippen LogP) is 1.42. The molecule has 2 saturated heterocycles. The minimum absolute atomic E-state index is 0. The maximum atomic E-state index is 5.79. The molecular formula is C10H20ClNO2. The summed E-state index contributed by atoms with van der Waals surface area (Å²) in [5, 5.41) is 3.45. The first kappa shape index (κ1) is 12.2. The summed E-state index contributed by atoms with van der Waals surface area (Å²) in [5.41, 5.74) is 0.288. The molecule has 2 rings (SSSR count). The zero-order valence-corrected chi connectivity index (χ0v) is 9.73. The summed E-state index contributed by atoms with van der Waals surface area (Å²) < 4.78 is 11.1. The van der Waals surface area contributed by atoms with Gasteiger partial charge in [-0.3, -0.25) is 5.32 Å². The van der Waals surface area contributed by atoms with Gasteiger partial charge in [0.05, 0.1) is 13.2 Å². The third-order valence-electron chi connectivity index (χ3n) is 2.83. The summed E-state index contributed by atoms with van der Waals surface area (Å²) in [6, 6.07) is 0. The van der Waals surface area contributed by atoms with Crippen molar-refractivity contribution < 1.29 is 9.47 Å².